The van der Waals surface area contributed by atoms with E-state index in [0.717, 1.165) is 6.07 Å². The van der Waals surface area contributed by atoms with Crippen LogP contribution < -0.4 is 5.32 Å². The van der Waals surface area contributed by atoms with E-state index in [9.17, 15) is 27.2 Å². The Hall–Kier alpha value is -3.67. The van der Waals surface area contributed by atoms with Gasteiger partial charge in [-0.05, 0) is 32.0 Å². The van der Waals surface area contributed by atoms with Gasteiger partial charge >= 0.3 is 12.1 Å². The molecule has 0 bridgehead atoms. The third-order valence-electron chi connectivity index (χ3n) is 4.95. The van der Waals surface area contributed by atoms with Crippen molar-refractivity contribution in [3.8, 4) is 0 Å². The second kappa shape index (κ2) is 8.60. The highest BCUT2D eigenvalue weighted by molar-refractivity contribution is 6.36. The molecule has 0 spiro atoms. The minimum Gasteiger partial charge on any atom is -0.456 e. The van der Waals surface area contributed by atoms with Crippen molar-refractivity contribution < 1.29 is 36.3 Å². The molecule has 0 radical (unpaired) electrons. The van der Waals surface area contributed by atoms with Gasteiger partial charge in [0.2, 0.25) is 0 Å². The largest absolute Gasteiger partial charge is 0.456 e. The van der Waals surface area contributed by atoms with E-state index < -0.39 is 41.6 Å². The highest BCUT2D eigenvalue weighted by Crippen LogP contribution is 2.37. The molecule has 0 aliphatic rings. The molecule has 4 aromatic rings. The Morgan fingerprint density at radius 3 is 2.68 bits per heavy atom. The first kappa shape index (κ1) is 23.5. The van der Waals surface area contributed by atoms with E-state index in [1.54, 1.807) is 12.3 Å². The first-order valence-corrected chi connectivity index (χ1v) is 10.1. The topological polar surface area (TPSA) is 98.7 Å². The molecule has 0 fully saturated rings. The zero-order chi connectivity index (χ0) is 24.8. The average Bonchev–Trinajstić information content (AvgIpc) is 3.34. The maximum atomic E-state index is 14.1. The number of fused-ring (bicyclic) bond motifs is 2. The second-order valence-corrected chi connectivity index (χ2v) is 7.72. The lowest BCUT2D eigenvalue weighted by atomic mass is 10.1. The molecule has 1 N–H and O–H groups in total. The number of carbonyl (C=O) groups is 2. The molecule has 0 aliphatic heterocycles. The molecule has 0 aliphatic carbocycles. The molecule has 2 unspecified atom stereocenters. The van der Waals surface area contributed by atoms with Crippen LogP contribution in [0.1, 0.15) is 46.4 Å². The molecule has 178 valence electrons. The minimum absolute atomic E-state index is 0.0435. The first-order chi connectivity index (χ1) is 16.0. The van der Waals surface area contributed by atoms with E-state index in [-0.39, 0.29) is 27.3 Å². The van der Waals surface area contributed by atoms with Gasteiger partial charge in [0.25, 0.3) is 5.91 Å². The maximum Gasteiger partial charge on any atom is 0.425 e. The van der Waals surface area contributed by atoms with Crippen LogP contribution in [0.4, 0.5) is 17.6 Å². The van der Waals surface area contributed by atoms with Gasteiger partial charge in [-0.1, -0.05) is 11.6 Å². The van der Waals surface area contributed by atoms with Crippen LogP contribution in [0, 0.1) is 5.82 Å². The van der Waals surface area contributed by atoms with Crippen LogP contribution in [-0.2, 0) is 4.74 Å². The third-order valence-corrected chi connectivity index (χ3v) is 5.34. The lowest BCUT2D eigenvalue weighted by molar-refractivity contribution is -0.198. The number of nitrogens with zero attached hydrogens (tertiary/aromatic N) is 3. The molecule has 13 heteroatoms. The van der Waals surface area contributed by atoms with Crippen molar-refractivity contribution in [2.45, 2.75) is 32.2 Å². The first-order valence-electron chi connectivity index (χ1n) is 9.75. The number of halogens is 5. The number of rotatable bonds is 5. The SMILES string of the molecule is CC(NC(=O)c1cnn2cccnc12)c1oc2c(C(=O)OC(C)C(F)(F)F)cc(F)cc2c1Cl. The number of carbonyl (C=O) groups excluding carboxylic acids is 2. The number of amides is 1. The highest BCUT2D eigenvalue weighted by atomic mass is 35.5. The molecule has 0 saturated carbocycles. The number of hydrogen-bond acceptors (Lipinski definition) is 6. The summed E-state index contributed by atoms with van der Waals surface area (Å²) in [4.78, 5) is 29.2. The van der Waals surface area contributed by atoms with Crippen LogP contribution in [0.3, 0.4) is 0 Å². The Labute approximate surface area is 193 Å². The van der Waals surface area contributed by atoms with Crippen molar-refractivity contribution in [2.24, 2.45) is 0 Å². The number of alkyl halides is 3. The van der Waals surface area contributed by atoms with E-state index >= 15 is 0 Å². The fraction of sp³-hybridized carbons (Fsp3) is 0.238. The molecule has 34 heavy (non-hydrogen) atoms. The van der Waals surface area contributed by atoms with Crippen LogP contribution in [0.2, 0.25) is 5.02 Å². The summed E-state index contributed by atoms with van der Waals surface area (Å²) in [5.74, 6) is -3.00. The van der Waals surface area contributed by atoms with Crippen molar-refractivity contribution in [1.29, 1.82) is 0 Å². The normalized spacial score (nSPS) is 13.7. The summed E-state index contributed by atoms with van der Waals surface area (Å²) in [5.41, 5.74) is -0.394. The number of hydrogen-bond donors (Lipinski definition) is 1. The predicted octanol–water partition coefficient (Wildman–Crippen LogP) is 4.87. The van der Waals surface area contributed by atoms with Gasteiger partial charge in [0.05, 0.1) is 17.3 Å². The van der Waals surface area contributed by atoms with Gasteiger partial charge in [-0.3, -0.25) is 4.79 Å². The Morgan fingerprint density at radius 1 is 1.24 bits per heavy atom. The fourth-order valence-electron chi connectivity index (χ4n) is 3.20. The summed E-state index contributed by atoms with van der Waals surface area (Å²) >= 11 is 6.31. The molecule has 1 amide bonds. The number of nitrogens with one attached hydrogen (secondary N) is 1. The molecule has 2 atom stereocenters. The van der Waals surface area contributed by atoms with Crippen LogP contribution in [-0.4, -0.2) is 38.8 Å². The number of aromatic nitrogens is 3. The number of furan rings is 1. The molecule has 1 aromatic carbocycles. The van der Waals surface area contributed by atoms with Crippen LogP contribution in [0.25, 0.3) is 16.6 Å². The van der Waals surface area contributed by atoms with E-state index in [2.05, 4.69) is 20.1 Å². The van der Waals surface area contributed by atoms with Crippen molar-refractivity contribution in [1.82, 2.24) is 19.9 Å². The molecule has 0 saturated heterocycles. The molecule has 4 rings (SSSR count). The van der Waals surface area contributed by atoms with Gasteiger partial charge in [-0.2, -0.15) is 18.3 Å². The average molecular weight is 499 g/mol. The number of ether oxygens (including phenoxy) is 1. The number of benzene rings is 1. The monoisotopic (exact) mass is 498 g/mol. The summed E-state index contributed by atoms with van der Waals surface area (Å²) < 4.78 is 63.9. The van der Waals surface area contributed by atoms with E-state index in [4.69, 9.17) is 16.0 Å². The minimum atomic E-state index is -4.81. The van der Waals surface area contributed by atoms with Gasteiger partial charge in [0.15, 0.2) is 17.3 Å². The van der Waals surface area contributed by atoms with Gasteiger partial charge in [-0.25, -0.2) is 18.7 Å². The molecule has 3 aromatic heterocycles. The molecule has 8 nitrogen and oxygen atoms in total. The van der Waals surface area contributed by atoms with Crippen LogP contribution in [0.5, 0.6) is 0 Å². The second-order valence-electron chi connectivity index (χ2n) is 7.34. The predicted molar refractivity (Wildman–Crippen MR) is 111 cm³/mol. The third kappa shape index (κ3) is 4.28. The van der Waals surface area contributed by atoms with Gasteiger partial charge in [-0.15, -0.1) is 0 Å². The van der Waals surface area contributed by atoms with Gasteiger partial charge in [0.1, 0.15) is 22.7 Å². The van der Waals surface area contributed by atoms with Crippen molar-refractivity contribution in [3.63, 3.8) is 0 Å². The van der Waals surface area contributed by atoms with Gasteiger partial charge < -0.3 is 14.5 Å². The van der Waals surface area contributed by atoms with Crippen LogP contribution >= 0.6 is 11.6 Å². The van der Waals surface area contributed by atoms with Crippen molar-refractivity contribution in [3.05, 3.63) is 64.5 Å². The summed E-state index contributed by atoms with van der Waals surface area (Å²) in [7, 11) is 0. The van der Waals surface area contributed by atoms with Crippen molar-refractivity contribution in [2.75, 3.05) is 0 Å². The van der Waals surface area contributed by atoms with Crippen molar-refractivity contribution >= 4 is 40.1 Å². The van der Waals surface area contributed by atoms with Crippen LogP contribution in [0.15, 0.2) is 41.2 Å². The molecular weight excluding hydrogens is 484 g/mol. The quantitative estimate of drug-likeness (QED) is 0.311. The summed E-state index contributed by atoms with van der Waals surface area (Å²) in [6.45, 7) is 2.16. The summed E-state index contributed by atoms with van der Waals surface area (Å²) in [6.07, 6.45) is -2.83. The summed E-state index contributed by atoms with van der Waals surface area (Å²) in [6, 6.07) is 2.39. The fourth-order valence-corrected chi connectivity index (χ4v) is 3.54. The molecule has 3 heterocycles. The summed E-state index contributed by atoms with van der Waals surface area (Å²) in [5, 5.41) is 6.47. The maximum absolute atomic E-state index is 14.1. The zero-order valence-electron chi connectivity index (χ0n) is 17.5. The van der Waals surface area contributed by atoms with E-state index in [1.807, 2.05) is 0 Å². The lowest BCUT2D eigenvalue weighted by Crippen LogP contribution is -2.31. The zero-order valence-corrected chi connectivity index (χ0v) is 18.2. The van der Waals surface area contributed by atoms with Gasteiger partial charge in [0, 0.05) is 17.8 Å². The molecular formula is C21H15ClF4N4O4. The highest BCUT2D eigenvalue weighted by Gasteiger charge is 2.40. The van der Waals surface area contributed by atoms with E-state index in [1.165, 1.54) is 23.8 Å². The Bertz CT molecular complexity index is 1420. The Balaban J connectivity index is 1.65. The Kier molecular flexibility index (Phi) is 5.94. The standard InChI is InChI=1S/C21H15ClF4N4O4/c1-9(29-19(31)14-8-28-30-5-3-4-27-18(14)30)16-15(22)12-6-11(23)7-13(17(12)34-16)20(32)33-10(2)21(24,25)26/h3-10H,1-2H3,(H,29,31). The van der Waals surface area contributed by atoms with E-state index in [0.29, 0.717) is 18.6 Å². The smallest absolute Gasteiger partial charge is 0.425 e. The Morgan fingerprint density at radius 2 is 1.97 bits per heavy atom. The number of esters is 1. The lowest BCUT2D eigenvalue weighted by Gasteiger charge is -2.16.